The van der Waals surface area contributed by atoms with Gasteiger partial charge in [-0.25, -0.2) is 0 Å². The summed E-state index contributed by atoms with van der Waals surface area (Å²) in [6.07, 6.45) is 13.4. The highest BCUT2D eigenvalue weighted by atomic mass is 14.2. The summed E-state index contributed by atoms with van der Waals surface area (Å²) in [7, 11) is 0. The largest absolute Gasteiger partial charge is 0.0654 e. The molecule has 0 saturated heterocycles. The maximum Gasteiger partial charge on any atom is -0.0248 e. The van der Waals surface area contributed by atoms with E-state index < -0.39 is 0 Å². The Labute approximate surface area is 139 Å². The minimum atomic E-state index is 0.872. The summed E-state index contributed by atoms with van der Waals surface area (Å²) in [5.41, 5.74) is 3.25. The second-order valence-electron chi connectivity index (χ2n) is 7.01. The second-order valence-corrected chi connectivity index (χ2v) is 7.01. The topological polar surface area (TPSA) is 0 Å². The first-order chi connectivity index (χ1) is 10.7. The molecule has 0 N–H and O–H groups in total. The van der Waals surface area contributed by atoms with Gasteiger partial charge in [-0.2, -0.15) is 0 Å². The number of hydrogen-bond donors (Lipinski definition) is 0. The van der Waals surface area contributed by atoms with Crippen LogP contribution < -0.4 is 0 Å². The van der Waals surface area contributed by atoms with E-state index in [4.69, 9.17) is 0 Å². The van der Waals surface area contributed by atoms with Crippen molar-refractivity contribution in [3.63, 3.8) is 0 Å². The van der Waals surface area contributed by atoms with E-state index in [1.165, 1.54) is 64.2 Å². The first-order valence-corrected chi connectivity index (χ1v) is 9.81. The van der Waals surface area contributed by atoms with Crippen LogP contribution in [0.5, 0.6) is 0 Å². The molecule has 1 aromatic rings. The zero-order valence-electron chi connectivity index (χ0n) is 15.5. The van der Waals surface area contributed by atoms with Crippen LogP contribution in [0.15, 0.2) is 24.3 Å². The van der Waals surface area contributed by atoms with Gasteiger partial charge in [-0.05, 0) is 35.8 Å². The quantitative estimate of drug-likeness (QED) is 0.383. The zero-order chi connectivity index (χ0) is 16.2. The van der Waals surface area contributed by atoms with E-state index in [1.807, 2.05) is 0 Å². The Hall–Kier alpha value is -0.780. The van der Waals surface area contributed by atoms with E-state index in [9.17, 15) is 0 Å². The van der Waals surface area contributed by atoms with E-state index >= 15 is 0 Å². The third-order valence-corrected chi connectivity index (χ3v) is 5.22. The van der Waals surface area contributed by atoms with Gasteiger partial charge in [-0.3, -0.25) is 0 Å². The van der Waals surface area contributed by atoms with Crippen LogP contribution in [0.25, 0.3) is 0 Å². The van der Waals surface area contributed by atoms with Crippen molar-refractivity contribution in [1.29, 1.82) is 0 Å². The van der Waals surface area contributed by atoms with Crippen molar-refractivity contribution in [2.45, 2.75) is 91.9 Å². The average molecular weight is 303 g/mol. The Bertz CT molecular complexity index is 342. The normalized spacial score (nSPS) is 14.0. The fourth-order valence-corrected chi connectivity index (χ4v) is 3.46. The van der Waals surface area contributed by atoms with Crippen molar-refractivity contribution < 1.29 is 0 Å². The van der Waals surface area contributed by atoms with E-state index in [1.54, 1.807) is 11.1 Å². The molecular formula is C22H38. The fraction of sp³-hybridized carbons (Fsp3) is 0.727. The van der Waals surface area contributed by atoms with Crippen LogP contribution in [-0.4, -0.2) is 0 Å². The monoisotopic (exact) mass is 302 g/mol. The van der Waals surface area contributed by atoms with E-state index in [-0.39, 0.29) is 0 Å². The van der Waals surface area contributed by atoms with Crippen molar-refractivity contribution in [2.24, 2.45) is 11.8 Å². The number of unbranched alkanes of at least 4 members (excludes halogenated alkanes) is 2. The molecule has 0 aliphatic carbocycles. The van der Waals surface area contributed by atoms with Crippen molar-refractivity contribution >= 4 is 0 Å². The molecule has 0 saturated carbocycles. The van der Waals surface area contributed by atoms with Crippen molar-refractivity contribution in [3.05, 3.63) is 35.4 Å². The van der Waals surface area contributed by atoms with Gasteiger partial charge in [0, 0.05) is 0 Å². The van der Waals surface area contributed by atoms with E-state index in [0.717, 1.165) is 11.8 Å². The smallest absolute Gasteiger partial charge is 0.0248 e. The summed E-state index contributed by atoms with van der Waals surface area (Å²) in [6, 6.07) is 9.24. The van der Waals surface area contributed by atoms with Crippen LogP contribution >= 0.6 is 0 Å². The number of hydrogen-bond acceptors (Lipinski definition) is 0. The third kappa shape index (κ3) is 6.99. The van der Waals surface area contributed by atoms with Crippen molar-refractivity contribution in [2.75, 3.05) is 0 Å². The molecular weight excluding hydrogens is 264 g/mol. The average Bonchev–Trinajstić information content (AvgIpc) is 2.56. The molecule has 1 rings (SSSR count). The van der Waals surface area contributed by atoms with Crippen LogP contribution in [0.1, 0.15) is 90.2 Å². The van der Waals surface area contributed by atoms with Crippen LogP contribution in [0.4, 0.5) is 0 Å². The molecule has 0 fully saturated rings. The van der Waals surface area contributed by atoms with E-state index in [2.05, 4.69) is 52.0 Å². The molecule has 0 aliphatic heterocycles. The molecule has 0 amide bonds. The van der Waals surface area contributed by atoms with Crippen LogP contribution in [0.2, 0.25) is 0 Å². The number of benzene rings is 1. The highest BCUT2D eigenvalue weighted by molar-refractivity contribution is 5.28. The summed E-state index contributed by atoms with van der Waals surface area (Å²) < 4.78 is 0. The molecule has 2 unspecified atom stereocenters. The van der Waals surface area contributed by atoms with Gasteiger partial charge in [0.1, 0.15) is 0 Å². The summed E-state index contributed by atoms with van der Waals surface area (Å²) in [6.45, 7) is 9.33. The minimum absolute atomic E-state index is 0.872. The lowest BCUT2D eigenvalue weighted by atomic mass is 9.85. The van der Waals surface area contributed by atoms with Gasteiger partial charge in [-0.1, -0.05) is 103 Å². The molecule has 0 bridgehead atoms. The highest BCUT2D eigenvalue weighted by Crippen LogP contribution is 2.25. The van der Waals surface area contributed by atoms with Crippen molar-refractivity contribution in [1.82, 2.24) is 0 Å². The predicted octanol–water partition coefficient (Wildman–Crippen LogP) is 7.20. The van der Waals surface area contributed by atoms with Gasteiger partial charge in [0.05, 0.1) is 0 Å². The Morgan fingerprint density at radius 3 is 1.41 bits per heavy atom. The standard InChI is InChI=1S/C22H38/c1-5-9-13-19(7-3)17-21-15-11-12-16-22(21)18-20(8-4)14-10-6-2/h11-12,15-16,19-20H,5-10,13-14,17-18H2,1-4H3. The predicted molar refractivity (Wildman–Crippen MR) is 100 cm³/mol. The van der Waals surface area contributed by atoms with Gasteiger partial charge in [-0.15, -0.1) is 0 Å². The lowest BCUT2D eigenvalue weighted by molar-refractivity contribution is 0.434. The molecule has 0 aliphatic rings. The van der Waals surface area contributed by atoms with Crippen LogP contribution in [-0.2, 0) is 12.8 Å². The molecule has 22 heavy (non-hydrogen) atoms. The Morgan fingerprint density at radius 2 is 1.09 bits per heavy atom. The van der Waals surface area contributed by atoms with Gasteiger partial charge >= 0.3 is 0 Å². The maximum absolute atomic E-state index is 2.39. The van der Waals surface area contributed by atoms with Crippen LogP contribution in [0.3, 0.4) is 0 Å². The Kier molecular flexibility index (Phi) is 10.3. The molecule has 0 spiro atoms. The summed E-state index contributed by atoms with van der Waals surface area (Å²) in [5, 5.41) is 0. The molecule has 126 valence electrons. The van der Waals surface area contributed by atoms with E-state index in [0.29, 0.717) is 0 Å². The van der Waals surface area contributed by atoms with Crippen LogP contribution in [0, 0.1) is 11.8 Å². The summed E-state index contributed by atoms with van der Waals surface area (Å²) >= 11 is 0. The zero-order valence-corrected chi connectivity index (χ0v) is 15.5. The van der Waals surface area contributed by atoms with Gasteiger partial charge in [0.2, 0.25) is 0 Å². The fourth-order valence-electron chi connectivity index (χ4n) is 3.46. The number of rotatable bonds is 12. The minimum Gasteiger partial charge on any atom is -0.0654 e. The summed E-state index contributed by atoms with van der Waals surface area (Å²) in [5.74, 6) is 1.74. The summed E-state index contributed by atoms with van der Waals surface area (Å²) in [4.78, 5) is 0. The molecule has 0 aromatic heterocycles. The third-order valence-electron chi connectivity index (χ3n) is 5.22. The van der Waals surface area contributed by atoms with Gasteiger partial charge in [0.15, 0.2) is 0 Å². The molecule has 0 heterocycles. The molecule has 2 atom stereocenters. The first-order valence-electron chi connectivity index (χ1n) is 9.81. The lowest BCUT2D eigenvalue weighted by Crippen LogP contribution is -2.09. The first kappa shape index (κ1) is 19.3. The Morgan fingerprint density at radius 1 is 0.682 bits per heavy atom. The lowest BCUT2D eigenvalue weighted by Gasteiger charge is -2.20. The second kappa shape index (κ2) is 11.7. The van der Waals surface area contributed by atoms with Crippen molar-refractivity contribution in [3.8, 4) is 0 Å². The SMILES string of the molecule is CCCCC(CC)Cc1ccccc1CC(CC)CCCC. The molecule has 0 radical (unpaired) electrons. The highest BCUT2D eigenvalue weighted by Gasteiger charge is 2.13. The maximum atomic E-state index is 2.39. The Balaban J connectivity index is 2.71. The van der Waals surface area contributed by atoms with Gasteiger partial charge < -0.3 is 0 Å². The van der Waals surface area contributed by atoms with Gasteiger partial charge in [0.25, 0.3) is 0 Å². The molecule has 0 nitrogen and oxygen atoms in total. The molecule has 1 aromatic carbocycles. The molecule has 0 heteroatoms.